The lowest BCUT2D eigenvalue weighted by Crippen LogP contribution is -2.17. The minimum Gasteiger partial charge on any atom is -0.460 e. The van der Waals surface area contributed by atoms with Gasteiger partial charge in [0.05, 0.1) is 6.54 Å². The van der Waals surface area contributed by atoms with Crippen LogP contribution in [0.3, 0.4) is 0 Å². The zero-order valence-electron chi connectivity index (χ0n) is 9.66. The predicted octanol–water partition coefficient (Wildman–Crippen LogP) is 2.04. The Hall–Kier alpha value is -1.09. The van der Waals surface area contributed by atoms with Crippen LogP contribution in [0, 0.1) is 5.92 Å². The van der Waals surface area contributed by atoms with Gasteiger partial charge in [0, 0.05) is 0 Å². The zero-order valence-corrected chi connectivity index (χ0v) is 9.66. The van der Waals surface area contributed by atoms with Gasteiger partial charge in [-0.1, -0.05) is 19.1 Å². The van der Waals surface area contributed by atoms with Gasteiger partial charge in [-0.15, -0.1) is 6.58 Å². The normalized spacial score (nSPS) is 13.4. The molecule has 2 N–H and O–H groups in total. The standard InChI is InChI=1S/C12H21NO2/c1-4-10(2)6-5-7-11(3)9-15-12(14)8-13/h4,7,10H,1,5-6,8-9,13H2,2-3H3. The van der Waals surface area contributed by atoms with Gasteiger partial charge in [-0.05, 0) is 31.3 Å². The Kier molecular flexibility index (Phi) is 7.64. The first kappa shape index (κ1) is 13.9. The predicted molar refractivity (Wildman–Crippen MR) is 62.4 cm³/mol. The fourth-order valence-corrected chi connectivity index (χ4v) is 1.02. The highest BCUT2D eigenvalue weighted by molar-refractivity contribution is 5.71. The van der Waals surface area contributed by atoms with Crippen molar-refractivity contribution in [3.05, 3.63) is 24.3 Å². The Morgan fingerprint density at radius 1 is 1.60 bits per heavy atom. The molecule has 0 aromatic carbocycles. The third-order valence-corrected chi connectivity index (χ3v) is 2.14. The molecule has 0 bridgehead atoms. The van der Waals surface area contributed by atoms with Crippen LogP contribution < -0.4 is 5.73 Å². The molecule has 1 unspecified atom stereocenters. The van der Waals surface area contributed by atoms with Crippen molar-refractivity contribution in [1.29, 1.82) is 0 Å². The molecule has 0 aliphatic heterocycles. The maximum atomic E-state index is 10.8. The smallest absolute Gasteiger partial charge is 0.320 e. The molecule has 3 nitrogen and oxygen atoms in total. The molecule has 0 aliphatic rings. The average Bonchev–Trinajstić information content (AvgIpc) is 2.25. The van der Waals surface area contributed by atoms with Gasteiger partial charge in [0.25, 0.3) is 0 Å². The van der Waals surface area contributed by atoms with Crippen LogP contribution in [0.15, 0.2) is 24.3 Å². The van der Waals surface area contributed by atoms with E-state index in [1.54, 1.807) is 0 Å². The van der Waals surface area contributed by atoms with Crippen LogP contribution >= 0.6 is 0 Å². The molecule has 1 atom stereocenters. The van der Waals surface area contributed by atoms with Gasteiger partial charge in [-0.3, -0.25) is 4.79 Å². The van der Waals surface area contributed by atoms with E-state index in [1.807, 2.05) is 13.0 Å². The van der Waals surface area contributed by atoms with Crippen molar-refractivity contribution in [2.45, 2.75) is 26.7 Å². The van der Waals surface area contributed by atoms with Gasteiger partial charge in [-0.2, -0.15) is 0 Å². The Labute approximate surface area is 92.0 Å². The van der Waals surface area contributed by atoms with Crippen LogP contribution in [0.1, 0.15) is 26.7 Å². The lowest BCUT2D eigenvalue weighted by molar-refractivity contribution is -0.140. The molecule has 0 heterocycles. The van der Waals surface area contributed by atoms with E-state index in [9.17, 15) is 4.79 Å². The van der Waals surface area contributed by atoms with E-state index in [1.165, 1.54) is 0 Å². The first-order valence-corrected chi connectivity index (χ1v) is 5.24. The van der Waals surface area contributed by atoms with Crippen LogP contribution in [-0.2, 0) is 9.53 Å². The van der Waals surface area contributed by atoms with Crippen molar-refractivity contribution < 1.29 is 9.53 Å². The molecule has 0 aromatic heterocycles. The summed E-state index contributed by atoms with van der Waals surface area (Å²) in [6.45, 7) is 8.09. The average molecular weight is 211 g/mol. The van der Waals surface area contributed by atoms with E-state index in [0.29, 0.717) is 12.5 Å². The number of allylic oxidation sites excluding steroid dienone is 2. The minimum absolute atomic E-state index is 0.0548. The second kappa shape index (κ2) is 8.24. The van der Waals surface area contributed by atoms with Crippen molar-refractivity contribution in [2.75, 3.05) is 13.2 Å². The first-order chi connectivity index (χ1) is 7.10. The van der Waals surface area contributed by atoms with Crippen molar-refractivity contribution in [1.82, 2.24) is 0 Å². The Bertz CT molecular complexity index is 234. The SMILES string of the molecule is C=CC(C)CCC=C(C)COC(=O)CN. The topological polar surface area (TPSA) is 52.3 Å². The third kappa shape index (κ3) is 7.94. The Morgan fingerprint density at radius 2 is 2.27 bits per heavy atom. The number of esters is 1. The highest BCUT2D eigenvalue weighted by Gasteiger charge is 1.99. The summed E-state index contributed by atoms with van der Waals surface area (Å²) in [6.07, 6.45) is 6.09. The van der Waals surface area contributed by atoms with Crippen LogP contribution in [0.5, 0.6) is 0 Å². The molecule has 0 spiro atoms. The summed E-state index contributed by atoms with van der Waals surface area (Å²) in [6, 6.07) is 0. The molecule has 3 heteroatoms. The second-order valence-electron chi connectivity index (χ2n) is 3.71. The first-order valence-electron chi connectivity index (χ1n) is 5.24. The lowest BCUT2D eigenvalue weighted by Gasteiger charge is -2.05. The third-order valence-electron chi connectivity index (χ3n) is 2.14. The molecule has 0 radical (unpaired) electrons. The maximum absolute atomic E-state index is 10.8. The van der Waals surface area contributed by atoms with Crippen LogP contribution in [0.25, 0.3) is 0 Å². The summed E-state index contributed by atoms with van der Waals surface area (Å²) < 4.78 is 4.88. The van der Waals surface area contributed by atoms with E-state index in [0.717, 1.165) is 18.4 Å². The summed E-state index contributed by atoms with van der Waals surface area (Å²) in [7, 11) is 0. The van der Waals surface area contributed by atoms with E-state index in [4.69, 9.17) is 10.5 Å². The number of carbonyl (C=O) groups excluding carboxylic acids is 1. The van der Waals surface area contributed by atoms with Gasteiger partial charge in [0.1, 0.15) is 6.61 Å². The van der Waals surface area contributed by atoms with E-state index < -0.39 is 0 Å². The molecule has 15 heavy (non-hydrogen) atoms. The second-order valence-corrected chi connectivity index (χ2v) is 3.71. The molecule has 0 rings (SSSR count). The molecule has 86 valence electrons. The molecule has 0 aliphatic carbocycles. The number of hydrogen-bond acceptors (Lipinski definition) is 3. The number of hydrogen-bond donors (Lipinski definition) is 1. The Morgan fingerprint density at radius 3 is 2.80 bits per heavy atom. The van der Waals surface area contributed by atoms with Gasteiger partial charge in [0.2, 0.25) is 0 Å². The van der Waals surface area contributed by atoms with Crippen molar-refractivity contribution in [2.24, 2.45) is 11.7 Å². The van der Waals surface area contributed by atoms with Crippen molar-refractivity contribution >= 4 is 5.97 Å². The number of ether oxygens (including phenoxy) is 1. The summed E-state index contributed by atoms with van der Waals surface area (Å²) in [5, 5.41) is 0. The summed E-state index contributed by atoms with van der Waals surface area (Å²) >= 11 is 0. The zero-order chi connectivity index (χ0) is 11.7. The fourth-order valence-electron chi connectivity index (χ4n) is 1.02. The maximum Gasteiger partial charge on any atom is 0.320 e. The van der Waals surface area contributed by atoms with E-state index in [-0.39, 0.29) is 12.5 Å². The summed E-state index contributed by atoms with van der Waals surface area (Å²) in [5.74, 6) is 0.169. The molecule has 0 fully saturated rings. The Balaban J connectivity index is 3.69. The van der Waals surface area contributed by atoms with E-state index >= 15 is 0 Å². The van der Waals surface area contributed by atoms with Crippen LogP contribution in [-0.4, -0.2) is 19.1 Å². The number of nitrogens with two attached hydrogens (primary N) is 1. The number of rotatable bonds is 7. The molecule has 0 saturated heterocycles. The summed E-state index contributed by atoms with van der Waals surface area (Å²) in [5.41, 5.74) is 6.17. The molecular formula is C12H21NO2. The molecule has 0 saturated carbocycles. The molecular weight excluding hydrogens is 190 g/mol. The van der Waals surface area contributed by atoms with Gasteiger partial charge in [-0.25, -0.2) is 0 Å². The van der Waals surface area contributed by atoms with Crippen molar-refractivity contribution in [3.63, 3.8) is 0 Å². The van der Waals surface area contributed by atoms with Gasteiger partial charge >= 0.3 is 5.97 Å². The quantitative estimate of drug-likeness (QED) is 0.518. The van der Waals surface area contributed by atoms with E-state index in [2.05, 4.69) is 19.6 Å². The summed E-state index contributed by atoms with van der Waals surface area (Å²) in [4.78, 5) is 10.8. The largest absolute Gasteiger partial charge is 0.460 e. The minimum atomic E-state index is -0.359. The highest BCUT2D eigenvalue weighted by Crippen LogP contribution is 2.08. The molecule has 0 aromatic rings. The fraction of sp³-hybridized carbons (Fsp3) is 0.583. The van der Waals surface area contributed by atoms with Gasteiger partial charge < -0.3 is 10.5 Å². The van der Waals surface area contributed by atoms with Crippen LogP contribution in [0.4, 0.5) is 0 Å². The van der Waals surface area contributed by atoms with Gasteiger partial charge in [0.15, 0.2) is 0 Å². The monoisotopic (exact) mass is 211 g/mol. The number of carbonyl (C=O) groups is 1. The van der Waals surface area contributed by atoms with Crippen LogP contribution in [0.2, 0.25) is 0 Å². The highest BCUT2D eigenvalue weighted by atomic mass is 16.5. The van der Waals surface area contributed by atoms with Crippen molar-refractivity contribution in [3.8, 4) is 0 Å². The molecule has 0 amide bonds. The lowest BCUT2D eigenvalue weighted by atomic mass is 10.1.